The van der Waals surface area contributed by atoms with Crippen molar-refractivity contribution in [1.82, 2.24) is 29.6 Å². The quantitative estimate of drug-likeness (QED) is 0.568. The first-order valence-corrected chi connectivity index (χ1v) is 14.9. The molecule has 2 saturated heterocycles. The van der Waals surface area contributed by atoms with Crippen LogP contribution in [0.2, 0.25) is 0 Å². The second kappa shape index (κ2) is 10.8. The van der Waals surface area contributed by atoms with Gasteiger partial charge in [-0.05, 0) is 68.5 Å². The summed E-state index contributed by atoms with van der Waals surface area (Å²) in [4.78, 5) is 29.7. The smallest absolute Gasteiger partial charge is 0.342 e. The molecule has 220 valence electrons. The van der Waals surface area contributed by atoms with Crippen LogP contribution in [0.25, 0.3) is 5.52 Å². The van der Waals surface area contributed by atoms with E-state index in [9.17, 15) is 22.8 Å². The van der Waals surface area contributed by atoms with Crippen molar-refractivity contribution >= 4 is 11.4 Å². The van der Waals surface area contributed by atoms with Crippen molar-refractivity contribution in [3.63, 3.8) is 0 Å². The molecule has 0 radical (unpaired) electrons. The summed E-state index contributed by atoms with van der Waals surface area (Å²) < 4.78 is 45.9. The zero-order valence-corrected chi connectivity index (χ0v) is 23.4. The standard InChI is InChI=1S/C29H41F3N6O2/c1-18(39)36-11-5-9-21(14-36)22-13-24(29(30,31)32)25-16-37(28(40)38(25)15-22)23-10-4-8-20(12-23)26(19-6-3-7-19)27-34-33-17-35(27)2/h13,15-16,19-21,23,26-27,33-34H,3-12,14,17H2,1-2H3/t20?,21-,23?,26-,27?/m1/s1. The Hall–Kier alpha value is -2.37. The van der Waals surface area contributed by atoms with E-state index in [0.29, 0.717) is 42.8 Å². The molecular formula is C29H41F3N6O2. The summed E-state index contributed by atoms with van der Waals surface area (Å²) in [6, 6.07) is 1.08. The van der Waals surface area contributed by atoms with E-state index in [1.54, 1.807) is 15.7 Å². The highest BCUT2D eigenvalue weighted by Crippen LogP contribution is 2.47. The first-order chi connectivity index (χ1) is 19.1. The van der Waals surface area contributed by atoms with Crippen LogP contribution in [-0.4, -0.2) is 57.6 Å². The molecule has 40 heavy (non-hydrogen) atoms. The highest BCUT2D eigenvalue weighted by Gasteiger charge is 2.44. The minimum absolute atomic E-state index is 0.0769. The predicted octanol–water partition coefficient (Wildman–Crippen LogP) is 4.32. The van der Waals surface area contributed by atoms with Gasteiger partial charge in [0.05, 0.1) is 23.9 Å². The average Bonchev–Trinajstić information content (AvgIpc) is 3.47. The molecule has 4 aliphatic rings. The van der Waals surface area contributed by atoms with Crippen LogP contribution in [0.4, 0.5) is 13.2 Å². The van der Waals surface area contributed by atoms with Crippen LogP contribution in [0.1, 0.15) is 87.8 Å². The number of nitrogens with zero attached hydrogens (tertiary/aromatic N) is 4. The third kappa shape index (κ3) is 5.09. The van der Waals surface area contributed by atoms with E-state index in [1.165, 1.54) is 42.9 Å². The van der Waals surface area contributed by atoms with Gasteiger partial charge in [0.25, 0.3) is 0 Å². The van der Waals surface area contributed by atoms with Crippen molar-refractivity contribution in [3.05, 3.63) is 40.1 Å². The lowest BCUT2D eigenvalue weighted by atomic mass is 9.65. The summed E-state index contributed by atoms with van der Waals surface area (Å²) in [5, 5.41) is 0. The fourth-order valence-corrected chi connectivity index (χ4v) is 7.88. The van der Waals surface area contributed by atoms with Gasteiger partial charge in [0.2, 0.25) is 5.91 Å². The van der Waals surface area contributed by atoms with Crippen molar-refractivity contribution in [2.75, 3.05) is 26.8 Å². The maximum atomic E-state index is 14.4. The maximum Gasteiger partial charge on any atom is 0.418 e. The number of nitrogens with one attached hydrogen (secondary N) is 2. The Balaban J connectivity index is 1.34. The number of pyridine rings is 1. The molecule has 3 unspecified atom stereocenters. The van der Waals surface area contributed by atoms with Crippen LogP contribution in [0.15, 0.2) is 23.3 Å². The molecule has 11 heteroatoms. The highest BCUT2D eigenvalue weighted by atomic mass is 19.4. The maximum absolute atomic E-state index is 14.4. The van der Waals surface area contributed by atoms with Crippen LogP contribution in [0.3, 0.4) is 0 Å². The topological polar surface area (TPSA) is 74.0 Å². The van der Waals surface area contributed by atoms with Gasteiger partial charge < -0.3 is 4.90 Å². The number of imidazole rings is 1. The van der Waals surface area contributed by atoms with Crippen molar-refractivity contribution in [2.45, 2.75) is 89.0 Å². The van der Waals surface area contributed by atoms with Crippen molar-refractivity contribution in [3.8, 4) is 0 Å². The summed E-state index contributed by atoms with van der Waals surface area (Å²) in [7, 11) is 2.12. The molecule has 2 aromatic heterocycles. The number of alkyl halides is 3. The van der Waals surface area contributed by atoms with Gasteiger partial charge in [-0.3, -0.25) is 18.7 Å². The summed E-state index contributed by atoms with van der Waals surface area (Å²) in [6.07, 6.45) is 7.41. The number of amides is 1. The number of carbonyl (C=O) groups excluding carboxylic acids is 1. The van der Waals surface area contributed by atoms with E-state index < -0.39 is 17.4 Å². The number of piperidine rings is 1. The first kappa shape index (κ1) is 27.8. The minimum Gasteiger partial charge on any atom is -0.342 e. The Morgan fingerprint density at radius 3 is 2.45 bits per heavy atom. The zero-order valence-electron chi connectivity index (χ0n) is 23.4. The average molecular weight is 563 g/mol. The van der Waals surface area contributed by atoms with Gasteiger partial charge in [0.15, 0.2) is 0 Å². The molecule has 2 aromatic rings. The van der Waals surface area contributed by atoms with E-state index in [1.807, 2.05) is 0 Å². The number of aromatic nitrogens is 2. The lowest BCUT2D eigenvalue weighted by molar-refractivity contribution is -0.136. The van der Waals surface area contributed by atoms with Gasteiger partial charge >= 0.3 is 11.9 Å². The molecule has 2 saturated carbocycles. The monoisotopic (exact) mass is 562 g/mol. The number of likely N-dealkylation sites (tertiary alicyclic amines) is 1. The molecule has 8 nitrogen and oxygen atoms in total. The molecule has 2 aliphatic carbocycles. The number of hydrogen-bond acceptors (Lipinski definition) is 5. The Bertz CT molecular complexity index is 1300. The van der Waals surface area contributed by atoms with Gasteiger partial charge in [-0.15, -0.1) is 0 Å². The third-order valence-corrected chi connectivity index (χ3v) is 10.2. The van der Waals surface area contributed by atoms with Crippen LogP contribution < -0.4 is 16.5 Å². The minimum atomic E-state index is -4.59. The van der Waals surface area contributed by atoms with Crippen LogP contribution in [0, 0.1) is 17.8 Å². The number of rotatable bonds is 5. The van der Waals surface area contributed by atoms with Crippen molar-refractivity contribution < 1.29 is 18.0 Å². The van der Waals surface area contributed by atoms with Gasteiger partial charge in [-0.1, -0.05) is 25.7 Å². The summed E-state index contributed by atoms with van der Waals surface area (Å²) in [5.74, 6) is 1.17. The summed E-state index contributed by atoms with van der Waals surface area (Å²) in [6.45, 7) is 3.26. The van der Waals surface area contributed by atoms with Crippen LogP contribution >= 0.6 is 0 Å². The Kier molecular flexibility index (Phi) is 7.50. The van der Waals surface area contributed by atoms with E-state index in [-0.39, 0.29) is 29.5 Å². The summed E-state index contributed by atoms with van der Waals surface area (Å²) in [5.41, 5.74) is 5.95. The Labute approximate surface area is 232 Å². The number of carbonyl (C=O) groups is 1. The van der Waals surface area contributed by atoms with Gasteiger partial charge in [-0.25, -0.2) is 15.6 Å². The molecule has 5 atom stereocenters. The zero-order chi connectivity index (χ0) is 28.2. The number of hydrogen-bond donors (Lipinski definition) is 2. The van der Waals surface area contributed by atoms with Crippen LogP contribution in [-0.2, 0) is 11.0 Å². The Morgan fingerprint density at radius 2 is 1.80 bits per heavy atom. The molecule has 2 aliphatic heterocycles. The van der Waals surface area contributed by atoms with Gasteiger partial charge in [-0.2, -0.15) is 13.2 Å². The predicted molar refractivity (Wildman–Crippen MR) is 145 cm³/mol. The molecule has 0 bridgehead atoms. The lowest BCUT2D eigenvalue weighted by Crippen LogP contribution is -2.50. The molecule has 0 spiro atoms. The molecule has 4 fully saturated rings. The molecule has 2 N–H and O–H groups in total. The number of fused-ring (bicyclic) bond motifs is 1. The van der Waals surface area contributed by atoms with Crippen molar-refractivity contribution in [2.24, 2.45) is 17.8 Å². The fraction of sp³-hybridized carbons (Fsp3) is 0.724. The molecule has 4 heterocycles. The Morgan fingerprint density at radius 1 is 1.05 bits per heavy atom. The van der Waals surface area contributed by atoms with E-state index in [4.69, 9.17) is 0 Å². The van der Waals surface area contributed by atoms with Crippen molar-refractivity contribution in [1.29, 1.82) is 0 Å². The fourth-order valence-electron chi connectivity index (χ4n) is 7.88. The highest BCUT2D eigenvalue weighted by molar-refractivity contribution is 5.73. The van der Waals surface area contributed by atoms with Gasteiger partial charge in [0, 0.05) is 44.4 Å². The SMILES string of the molecule is CC(=O)N1CCC[C@@H](c2cc(C(F)(F)F)c3cn(C4CCCC([C@@H](C5CCC5)C5NNCN5C)C4)c(=O)n3c2)C1. The molecular weight excluding hydrogens is 521 g/mol. The molecule has 0 aromatic carbocycles. The lowest BCUT2D eigenvalue weighted by Gasteiger charge is -2.46. The largest absolute Gasteiger partial charge is 0.418 e. The normalized spacial score (nSPS) is 29.6. The van der Waals surface area contributed by atoms with E-state index in [0.717, 1.165) is 38.8 Å². The molecule has 6 rings (SSSR count). The van der Waals surface area contributed by atoms with E-state index >= 15 is 0 Å². The van der Waals surface area contributed by atoms with Crippen LogP contribution in [0.5, 0.6) is 0 Å². The second-order valence-electron chi connectivity index (χ2n) is 12.6. The number of halogens is 3. The van der Waals surface area contributed by atoms with Gasteiger partial charge in [0.1, 0.15) is 0 Å². The third-order valence-electron chi connectivity index (χ3n) is 10.2. The molecule has 1 amide bonds. The van der Waals surface area contributed by atoms with E-state index in [2.05, 4.69) is 22.8 Å². The summed E-state index contributed by atoms with van der Waals surface area (Å²) >= 11 is 0. The first-order valence-electron chi connectivity index (χ1n) is 14.9. The second-order valence-corrected chi connectivity index (χ2v) is 12.6. The number of hydrazine groups is 1.